The van der Waals surface area contributed by atoms with Gasteiger partial charge < -0.3 is 5.32 Å². The van der Waals surface area contributed by atoms with Crippen molar-refractivity contribution in [2.75, 3.05) is 5.32 Å². The summed E-state index contributed by atoms with van der Waals surface area (Å²) in [4.78, 5) is 25.7. The standard InChI is InChI=1S/C22H16N2O2S/c1-15(25)16-10-12-18(13-11-16)24-22(26)19-7-3-5-9-21(19)27-20-8-4-2-6-17(20)14-23/h2-13H,1H3,(H,24,26). The van der Waals surface area contributed by atoms with Crippen LogP contribution in [0.2, 0.25) is 0 Å². The summed E-state index contributed by atoms with van der Waals surface area (Å²) >= 11 is 1.38. The highest BCUT2D eigenvalue weighted by Gasteiger charge is 2.14. The predicted molar refractivity (Wildman–Crippen MR) is 106 cm³/mol. The van der Waals surface area contributed by atoms with E-state index in [-0.39, 0.29) is 11.7 Å². The van der Waals surface area contributed by atoms with Gasteiger partial charge in [0.15, 0.2) is 5.78 Å². The van der Waals surface area contributed by atoms with Gasteiger partial charge in [0.2, 0.25) is 0 Å². The number of amides is 1. The summed E-state index contributed by atoms with van der Waals surface area (Å²) in [5, 5.41) is 12.1. The Balaban J connectivity index is 1.83. The number of Topliss-reactive ketones (excluding diaryl/α,β-unsaturated/α-hetero) is 1. The lowest BCUT2D eigenvalue weighted by Crippen LogP contribution is -2.13. The molecular weight excluding hydrogens is 356 g/mol. The van der Waals surface area contributed by atoms with Gasteiger partial charge in [0.1, 0.15) is 6.07 Å². The molecule has 5 heteroatoms. The number of hydrogen-bond donors (Lipinski definition) is 1. The molecule has 1 N–H and O–H groups in total. The van der Waals surface area contributed by atoms with Crippen LogP contribution >= 0.6 is 11.8 Å². The number of nitrogens with one attached hydrogen (secondary N) is 1. The van der Waals surface area contributed by atoms with Crippen molar-refractivity contribution >= 4 is 29.1 Å². The van der Waals surface area contributed by atoms with E-state index in [1.165, 1.54) is 18.7 Å². The molecule has 0 aliphatic carbocycles. The lowest BCUT2D eigenvalue weighted by molar-refractivity contribution is 0.101. The van der Waals surface area contributed by atoms with E-state index in [0.29, 0.717) is 22.4 Å². The molecule has 0 unspecified atom stereocenters. The number of rotatable bonds is 5. The van der Waals surface area contributed by atoms with Crippen molar-refractivity contribution in [1.82, 2.24) is 0 Å². The Morgan fingerprint density at radius 3 is 2.19 bits per heavy atom. The Hall–Kier alpha value is -3.36. The van der Waals surface area contributed by atoms with Crippen molar-refractivity contribution in [2.24, 2.45) is 0 Å². The number of ketones is 1. The summed E-state index contributed by atoms with van der Waals surface area (Å²) in [5.74, 6) is -0.270. The van der Waals surface area contributed by atoms with Crippen LogP contribution in [-0.4, -0.2) is 11.7 Å². The van der Waals surface area contributed by atoms with Gasteiger partial charge in [-0.1, -0.05) is 36.0 Å². The first-order chi connectivity index (χ1) is 13.1. The highest BCUT2D eigenvalue weighted by molar-refractivity contribution is 7.99. The van der Waals surface area contributed by atoms with Gasteiger partial charge in [-0.2, -0.15) is 5.26 Å². The second kappa shape index (κ2) is 8.35. The van der Waals surface area contributed by atoms with E-state index in [9.17, 15) is 14.9 Å². The first-order valence-corrected chi connectivity index (χ1v) is 9.08. The monoisotopic (exact) mass is 372 g/mol. The van der Waals surface area contributed by atoms with Crippen LogP contribution in [0.5, 0.6) is 0 Å². The van der Waals surface area contributed by atoms with Gasteiger partial charge in [0, 0.05) is 21.0 Å². The zero-order valence-corrected chi connectivity index (χ0v) is 15.4. The molecule has 3 aromatic carbocycles. The first kappa shape index (κ1) is 18.4. The Morgan fingerprint density at radius 1 is 0.889 bits per heavy atom. The topological polar surface area (TPSA) is 70.0 Å². The largest absolute Gasteiger partial charge is 0.322 e. The van der Waals surface area contributed by atoms with Crippen LogP contribution in [0.15, 0.2) is 82.6 Å². The van der Waals surface area contributed by atoms with E-state index < -0.39 is 0 Å². The third kappa shape index (κ3) is 4.43. The third-order valence-corrected chi connectivity index (χ3v) is 5.06. The molecule has 0 saturated heterocycles. The molecule has 3 rings (SSSR count). The minimum absolute atomic E-state index is 0.0224. The van der Waals surface area contributed by atoms with Crippen LogP contribution < -0.4 is 5.32 Å². The highest BCUT2D eigenvalue weighted by Crippen LogP contribution is 2.32. The number of carbonyl (C=O) groups excluding carboxylic acids is 2. The molecule has 3 aromatic rings. The van der Waals surface area contributed by atoms with Gasteiger partial charge in [-0.05, 0) is 55.5 Å². The third-order valence-electron chi connectivity index (χ3n) is 3.91. The number of carbonyl (C=O) groups is 2. The average Bonchev–Trinajstić information content (AvgIpc) is 2.69. The van der Waals surface area contributed by atoms with Crippen molar-refractivity contribution in [3.63, 3.8) is 0 Å². The molecule has 0 saturated carbocycles. The maximum absolute atomic E-state index is 12.7. The average molecular weight is 372 g/mol. The zero-order valence-electron chi connectivity index (χ0n) is 14.6. The van der Waals surface area contributed by atoms with Crippen molar-refractivity contribution in [2.45, 2.75) is 16.7 Å². The van der Waals surface area contributed by atoms with Gasteiger partial charge >= 0.3 is 0 Å². The fourth-order valence-corrected chi connectivity index (χ4v) is 3.52. The molecule has 0 spiro atoms. The van der Waals surface area contributed by atoms with E-state index in [0.717, 1.165) is 9.79 Å². The van der Waals surface area contributed by atoms with Crippen LogP contribution in [0.1, 0.15) is 33.2 Å². The molecule has 0 aliphatic rings. The Bertz CT molecular complexity index is 1040. The van der Waals surface area contributed by atoms with Crippen molar-refractivity contribution < 1.29 is 9.59 Å². The SMILES string of the molecule is CC(=O)c1ccc(NC(=O)c2ccccc2Sc2ccccc2C#N)cc1. The lowest BCUT2D eigenvalue weighted by atomic mass is 10.1. The van der Waals surface area contributed by atoms with E-state index in [2.05, 4.69) is 11.4 Å². The molecule has 27 heavy (non-hydrogen) atoms. The van der Waals surface area contributed by atoms with Gasteiger partial charge in [-0.25, -0.2) is 0 Å². The molecule has 0 aliphatic heterocycles. The molecule has 4 nitrogen and oxygen atoms in total. The number of benzene rings is 3. The summed E-state index contributed by atoms with van der Waals surface area (Å²) in [7, 11) is 0. The van der Waals surface area contributed by atoms with Crippen LogP contribution in [-0.2, 0) is 0 Å². The molecule has 0 fully saturated rings. The highest BCUT2D eigenvalue weighted by atomic mass is 32.2. The van der Waals surface area contributed by atoms with E-state index in [1.54, 1.807) is 42.5 Å². The van der Waals surface area contributed by atoms with E-state index >= 15 is 0 Å². The summed E-state index contributed by atoms with van der Waals surface area (Å²) < 4.78 is 0. The summed E-state index contributed by atoms with van der Waals surface area (Å²) in [6.45, 7) is 1.50. The fraction of sp³-hybridized carbons (Fsp3) is 0.0455. The zero-order chi connectivity index (χ0) is 19.2. The van der Waals surface area contributed by atoms with Crippen molar-refractivity contribution in [3.8, 4) is 6.07 Å². The lowest BCUT2D eigenvalue weighted by Gasteiger charge is -2.11. The fourth-order valence-electron chi connectivity index (χ4n) is 2.50. The Morgan fingerprint density at radius 2 is 1.52 bits per heavy atom. The first-order valence-electron chi connectivity index (χ1n) is 8.27. The minimum Gasteiger partial charge on any atom is -0.322 e. The maximum atomic E-state index is 12.7. The van der Waals surface area contributed by atoms with Gasteiger partial charge in [0.05, 0.1) is 11.1 Å². The quantitative estimate of drug-likeness (QED) is 0.628. The molecule has 0 atom stereocenters. The number of nitrogens with zero attached hydrogens (tertiary/aromatic N) is 1. The molecule has 0 heterocycles. The molecule has 0 radical (unpaired) electrons. The van der Waals surface area contributed by atoms with Crippen molar-refractivity contribution in [3.05, 3.63) is 89.5 Å². The van der Waals surface area contributed by atoms with E-state index in [4.69, 9.17) is 0 Å². The molecule has 1 amide bonds. The second-order valence-corrected chi connectivity index (χ2v) is 6.88. The van der Waals surface area contributed by atoms with Crippen molar-refractivity contribution in [1.29, 1.82) is 5.26 Å². The Labute approximate surface area is 161 Å². The predicted octanol–water partition coefficient (Wildman–Crippen LogP) is 5.16. The van der Waals surface area contributed by atoms with Gasteiger partial charge in [0.25, 0.3) is 5.91 Å². The van der Waals surface area contributed by atoms with Crippen LogP contribution in [0.3, 0.4) is 0 Å². The van der Waals surface area contributed by atoms with E-state index in [1.807, 2.05) is 30.3 Å². The molecule has 132 valence electrons. The van der Waals surface area contributed by atoms with Crippen LogP contribution in [0.25, 0.3) is 0 Å². The minimum atomic E-state index is -0.247. The van der Waals surface area contributed by atoms with Crippen LogP contribution in [0.4, 0.5) is 5.69 Å². The summed E-state index contributed by atoms with van der Waals surface area (Å²) in [5.41, 5.74) is 2.29. The maximum Gasteiger partial charge on any atom is 0.256 e. The van der Waals surface area contributed by atoms with Gasteiger partial charge in [-0.3, -0.25) is 9.59 Å². The number of hydrogen-bond acceptors (Lipinski definition) is 4. The molecule has 0 aromatic heterocycles. The second-order valence-electron chi connectivity index (χ2n) is 5.79. The summed E-state index contributed by atoms with van der Waals surface area (Å²) in [6, 6.07) is 23.5. The normalized spacial score (nSPS) is 10.1. The molecule has 0 bridgehead atoms. The Kier molecular flexibility index (Phi) is 5.70. The molecular formula is C22H16N2O2S. The van der Waals surface area contributed by atoms with Crippen LogP contribution in [0, 0.1) is 11.3 Å². The van der Waals surface area contributed by atoms with Gasteiger partial charge in [-0.15, -0.1) is 0 Å². The summed E-state index contributed by atoms with van der Waals surface area (Å²) in [6.07, 6.45) is 0. The number of nitriles is 1. The smallest absolute Gasteiger partial charge is 0.256 e. The number of anilines is 1.